The molecule has 0 bridgehead atoms. The maximum atomic E-state index is 14.0. The predicted molar refractivity (Wildman–Crippen MR) is 81.4 cm³/mol. The number of ether oxygens (including phenoxy) is 2. The smallest absolute Gasteiger partial charge is 0.165 e. The fourth-order valence-electron chi connectivity index (χ4n) is 3.53. The van der Waals surface area contributed by atoms with E-state index in [0.29, 0.717) is 18.2 Å². The van der Waals surface area contributed by atoms with Gasteiger partial charge in [0.25, 0.3) is 0 Å². The molecule has 1 aromatic rings. The highest BCUT2D eigenvalue weighted by molar-refractivity contribution is 6.17. The maximum Gasteiger partial charge on any atom is 0.165 e. The molecule has 2 fully saturated rings. The average Bonchev–Trinajstić information content (AvgIpc) is 2.50. The second-order valence-electron chi connectivity index (χ2n) is 6.22. The van der Waals surface area contributed by atoms with Crippen LogP contribution >= 0.6 is 11.6 Å². The van der Waals surface area contributed by atoms with Gasteiger partial charge in [-0.25, -0.2) is 4.39 Å². The summed E-state index contributed by atoms with van der Waals surface area (Å²) in [5, 5.41) is 0. The molecule has 1 aliphatic heterocycles. The molecule has 1 aromatic carbocycles. The zero-order chi connectivity index (χ0) is 14.7. The van der Waals surface area contributed by atoms with Gasteiger partial charge in [-0.1, -0.05) is 25.3 Å². The van der Waals surface area contributed by atoms with Crippen LogP contribution in [0.25, 0.3) is 0 Å². The topological polar surface area (TPSA) is 18.5 Å². The maximum absolute atomic E-state index is 14.0. The van der Waals surface area contributed by atoms with E-state index in [1.54, 1.807) is 6.07 Å². The fourth-order valence-corrected chi connectivity index (χ4v) is 3.70. The van der Waals surface area contributed by atoms with Gasteiger partial charge in [0.2, 0.25) is 0 Å². The Morgan fingerprint density at radius 3 is 2.81 bits per heavy atom. The highest BCUT2D eigenvalue weighted by atomic mass is 35.5. The fraction of sp³-hybridized carbons (Fsp3) is 0.647. The molecule has 2 nitrogen and oxygen atoms in total. The first-order valence-corrected chi connectivity index (χ1v) is 8.39. The number of alkyl halides is 1. The van der Waals surface area contributed by atoms with Gasteiger partial charge in [-0.15, -0.1) is 11.6 Å². The van der Waals surface area contributed by atoms with E-state index in [2.05, 4.69) is 0 Å². The first-order valence-electron chi connectivity index (χ1n) is 7.86. The van der Waals surface area contributed by atoms with E-state index >= 15 is 0 Å². The van der Waals surface area contributed by atoms with Crippen LogP contribution in [-0.2, 0) is 10.6 Å². The molecule has 0 aromatic heterocycles. The molecule has 116 valence electrons. The van der Waals surface area contributed by atoms with E-state index in [4.69, 9.17) is 21.1 Å². The zero-order valence-electron chi connectivity index (χ0n) is 12.2. The van der Waals surface area contributed by atoms with Crippen molar-refractivity contribution in [2.75, 3.05) is 6.61 Å². The molecule has 1 saturated heterocycles. The minimum Gasteiger partial charge on any atom is -0.487 e. The Morgan fingerprint density at radius 2 is 2.10 bits per heavy atom. The Hall–Kier alpha value is -0.800. The molecule has 2 aliphatic rings. The zero-order valence-corrected chi connectivity index (χ0v) is 13.0. The lowest BCUT2D eigenvalue weighted by molar-refractivity contribution is -0.130. The van der Waals surface area contributed by atoms with Crippen molar-refractivity contribution >= 4 is 11.6 Å². The van der Waals surface area contributed by atoms with Crippen molar-refractivity contribution in [3.05, 3.63) is 29.6 Å². The lowest BCUT2D eigenvalue weighted by Crippen LogP contribution is -2.45. The highest BCUT2D eigenvalue weighted by Crippen LogP contribution is 2.39. The van der Waals surface area contributed by atoms with Gasteiger partial charge < -0.3 is 9.47 Å². The van der Waals surface area contributed by atoms with Crippen LogP contribution in [0.2, 0.25) is 0 Å². The molecule has 21 heavy (non-hydrogen) atoms. The van der Waals surface area contributed by atoms with E-state index in [1.165, 1.54) is 25.3 Å². The standard InChI is InChI=1S/C17H22ClFO2/c18-12-13-4-5-16(15(19)10-13)21-14-6-9-20-17(11-14)7-2-1-3-8-17/h4-5,10,14H,1-3,6-9,11-12H2. The Labute approximate surface area is 130 Å². The molecular weight excluding hydrogens is 291 g/mol. The van der Waals surface area contributed by atoms with E-state index in [1.807, 2.05) is 6.07 Å². The molecule has 1 saturated carbocycles. The molecule has 0 N–H and O–H groups in total. The largest absolute Gasteiger partial charge is 0.487 e. The first kappa shape index (κ1) is 15.1. The third-order valence-corrected chi connectivity index (χ3v) is 4.97. The molecule has 1 atom stereocenters. The number of halogens is 2. The first-order chi connectivity index (χ1) is 10.2. The second kappa shape index (κ2) is 6.53. The Balaban J connectivity index is 1.67. The Morgan fingerprint density at radius 1 is 1.29 bits per heavy atom. The molecular formula is C17H22ClFO2. The van der Waals surface area contributed by atoms with Crippen LogP contribution in [0.5, 0.6) is 5.75 Å². The van der Waals surface area contributed by atoms with Crippen LogP contribution in [-0.4, -0.2) is 18.3 Å². The number of hydrogen-bond donors (Lipinski definition) is 0. The molecule has 3 rings (SSSR count). The van der Waals surface area contributed by atoms with E-state index in [0.717, 1.165) is 31.2 Å². The predicted octanol–water partition coefficient (Wildman–Crippen LogP) is 4.83. The molecule has 1 spiro atoms. The summed E-state index contributed by atoms with van der Waals surface area (Å²) >= 11 is 5.72. The third kappa shape index (κ3) is 3.51. The van der Waals surface area contributed by atoms with Crippen molar-refractivity contribution in [1.29, 1.82) is 0 Å². The normalized spacial score (nSPS) is 25.0. The second-order valence-corrected chi connectivity index (χ2v) is 6.49. The van der Waals surface area contributed by atoms with Crippen molar-refractivity contribution in [1.82, 2.24) is 0 Å². The van der Waals surface area contributed by atoms with Crippen LogP contribution < -0.4 is 4.74 Å². The molecule has 1 heterocycles. The van der Waals surface area contributed by atoms with Gasteiger partial charge in [0.05, 0.1) is 12.2 Å². The van der Waals surface area contributed by atoms with Gasteiger partial charge >= 0.3 is 0 Å². The van der Waals surface area contributed by atoms with E-state index < -0.39 is 0 Å². The van der Waals surface area contributed by atoms with Crippen LogP contribution in [0.4, 0.5) is 4.39 Å². The number of rotatable bonds is 3. The molecule has 1 aliphatic carbocycles. The SMILES string of the molecule is Fc1cc(CCl)ccc1OC1CCOC2(CCCCC2)C1. The van der Waals surface area contributed by atoms with Gasteiger partial charge in [0.1, 0.15) is 6.10 Å². The van der Waals surface area contributed by atoms with E-state index in [9.17, 15) is 4.39 Å². The molecule has 0 amide bonds. The van der Waals surface area contributed by atoms with Crippen molar-refractivity contribution in [3.63, 3.8) is 0 Å². The van der Waals surface area contributed by atoms with Gasteiger partial charge in [-0.3, -0.25) is 0 Å². The van der Waals surface area contributed by atoms with Crippen LogP contribution in [0.3, 0.4) is 0 Å². The van der Waals surface area contributed by atoms with Crippen molar-refractivity contribution < 1.29 is 13.9 Å². The summed E-state index contributed by atoms with van der Waals surface area (Å²) < 4.78 is 26.0. The summed E-state index contributed by atoms with van der Waals surface area (Å²) in [5.41, 5.74) is 0.755. The summed E-state index contributed by atoms with van der Waals surface area (Å²) in [6.45, 7) is 0.714. The minimum atomic E-state index is -0.322. The summed E-state index contributed by atoms with van der Waals surface area (Å²) in [5.74, 6) is 0.330. The van der Waals surface area contributed by atoms with Crippen molar-refractivity contribution in [2.45, 2.75) is 62.5 Å². The minimum absolute atomic E-state index is 0.0201. The van der Waals surface area contributed by atoms with Crippen LogP contribution in [0, 0.1) is 5.82 Å². The average molecular weight is 313 g/mol. The van der Waals surface area contributed by atoms with Crippen molar-refractivity contribution in [2.24, 2.45) is 0 Å². The molecule has 1 unspecified atom stereocenters. The lowest BCUT2D eigenvalue weighted by atomic mass is 9.79. The van der Waals surface area contributed by atoms with Crippen LogP contribution in [0.1, 0.15) is 50.5 Å². The quantitative estimate of drug-likeness (QED) is 0.745. The lowest BCUT2D eigenvalue weighted by Gasteiger charge is -2.43. The highest BCUT2D eigenvalue weighted by Gasteiger charge is 2.39. The van der Waals surface area contributed by atoms with E-state index in [-0.39, 0.29) is 17.5 Å². The van der Waals surface area contributed by atoms with Crippen molar-refractivity contribution in [3.8, 4) is 5.75 Å². The van der Waals surface area contributed by atoms with Crippen LogP contribution in [0.15, 0.2) is 18.2 Å². The van der Waals surface area contributed by atoms with Gasteiger partial charge in [0, 0.05) is 18.7 Å². The molecule has 4 heteroatoms. The van der Waals surface area contributed by atoms with Gasteiger partial charge in [-0.2, -0.15) is 0 Å². The third-order valence-electron chi connectivity index (χ3n) is 4.66. The summed E-state index contributed by atoms with van der Waals surface area (Å²) in [6.07, 6.45) is 7.74. The monoisotopic (exact) mass is 312 g/mol. The van der Waals surface area contributed by atoms with Gasteiger partial charge in [0.15, 0.2) is 11.6 Å². The summed E-state index contributed by atoms with van der Waals surface area (Å²) in [7, 11) is 0. The Bertz CT molecular complexity index is 480. The number of benzene rings is 1. The Kier molecular flexibility index (Phi) is 4.70. The summed E-state index contributed by atoms with van der Waals surface area (Å²) in [4.78, 5) is 0. The van der Waals surface area contributed by atoms with Gasteiger partial charge in [-0.05, 0) is 30.5 Å². The molecule has 0 radical (unpaired) electrons. The summed E-state index contributed by atoms with van der Waals surface area (Å²) in [6, 6.07) is 4.97. The number of hydrogen-bond acceptors (Lipinski definition) is 2.